The number of ether oxygens (including phenoxy) is 1. The van der Waals surface area contributed by atoms with Gasteiger partial charge in [-0.2, -0.15) is 0 Å². The Morgan fingerprint density at radius 1 is 1.19 bits per heavy atom. The minimum absolute atomic E-state index is 0.939. The van der Waals surface area contributed by atoms with E-state index in [1.165, 1.54) is 27.8 Å². The van der Waals surface area contributed by atoms with Crippen LogP contribution in [-0.2, 0) is 0 Å². The summed E-state index contributed by atoms with van der Waals surface area (Å²) in [4.78, 5) is 5.54. The van der Waals surface area contributed by atoms with Crippen molar-refractivity contribution < 1.29 is 4.74 Å². The van der Waals surface area contributed by atoms with E-state index < -0.39 is 0 Å². The number of H-pyrrole nitrogens is 1. The molecule has 0 bridgehead atoms. The highest BCUT2D eigenvalue weighted by Gasteiger charge is 2.14. The summed E-state index contributed by atoms with van der Waals surface area (Å²) < 4.78 is 5.36. The van der Waals surface area contributed by atoms with E-state index in [0.717, 1.165) is 5.75 Å². The van der Waals surface area contributed by atoms with Gasteiger partial charge in [-0.3, -0.25) is 0 Å². The molecular formula is C13H18N2O. The van der Waals surface area contributed by atoms with Crippen molar-refractivity contribution in [3.63, 3.8) is 0 Å². The second-order valence-corrected chi connectivity index (χ2v) is 4.31. The molecule has 0 spiro atoms. The van der Waals surface area contributed by atoms with Crippen LogP contribution >= 0.6 is 0 Å². The molecule has 0 fully saturated rings. The van der Waals surface area contributed by atoms with Gasteiger partial charge in [0.05, 0.1) is 12.8 Å². The van der Waals surface area contributed by atoms with Crippen LogP contribution in [-0.4, -0.2) is 26.2 Å². The highest BCUT2D eigenvalue weighted by atomic mass is 16.5. The highest BCUT2D eigenvalue weighted by Crippen LogP contribution is 2.35. The lowest BCUT2D eigenvalue weighted by Crippen LogP contribution is -2.09. The smallest absolute Gasteiger partial charge is 0.122 e. The Kier molecular flexibility index (Phi) is 2.54. The fourth-order valence-electron chi connectivity index (χ4n) is 2.33. The molecule has 1 N–H and O–H groups in total. The number of aromatic nitrogens is 1. The summed E-state index contributed by atoms with van der Waals surface area (Å²) in [6.45, 7) is 4.20. The maximum absolute atomic E-state index is 5.36. The van der Waals surface area contributed by atoms with E-state index in [-0.39, 0.29) is 0 Å². The van der Waals surface area contributed by atoms with Gasteiger partial charge in [0.15, 0.2) is 0 Å². The van der Waals surface area contributed by atoms with Crippen molar-refractivity contribution in [2.24, 2.45) is 0 Å². The monoisotopic (exact) mass is 218 g/mol. The summed E-state index contributed by atoms with van der Waals surface area (Å²) in [6.07, 6.45) is 0. The quantitative estimate of drug-likeness (QED) is 0.839. The Balaban J connectivity index is 2.84. The normalized spacial score (nSPS) is 10.8. The second kappa shape index (κ2) is 3.74. The van der Waals surface area contributed by atoms with Gasteiger partial charge in [-0.15, -0.1) is 0 Å². The zero-order valence-electron chi connectivity index (χ0n) is 10.5. The number of nitrogens with zero attached hydrogens (tertiary/aromatic N) is 1. The van der Waals surface area contributed by atoms with Crippen LogP contribution in [0.5, 0.6) is 5.75 Å². The molecule has 1 heterocycles. The van der Waals surface area contributed by atoms with Gasteiger partial charge in [0.1, 0.15) is 5.75 Å². The largest absolute Gasteiger partial charge is 0.496 e. The summed E-state index contributed by atoms with van der Waals surface area (Å²) in [5.74, 6) is 0.939. The minimum atomic E-state index is 0.939. The van der Waals surface area contributed by atoms with Crippen LogP contribution in [0.25, 0.3) is 10.9 Å². The van der Waals surface area contributed by atoms with Gasteiger partial charge in [0.2, 0.25) is 0 Å². The number of hydrogen-bond donors (Lipinski definition) is 1. The number of aryl methyl sites for hydroxylation is 2. The van der Waals surface area contributed by atoms with Crippen LogP contribution in [0.15, 0.2) is 12.1 Å². The molecule has 0 aliphatic rings. The predicted octanol–water partition coefficient (Wildman–Crippen LogP) is 2.86. The average molecular weight is 218 g/mol. The number of aromatic amines is 1. The molecular weight excluding hydrogens is 200 g/mol. The number of anilines is 1. The van der Waals surface area contributed by atoms with E-state index in [4.69, 9.17) is 4.74 Å². The van der Waals surface area contributed by atoms with E-state index in [0.29, 0.717) is 0 Å². The third-order valence-corrected chi connectivity index (χ3v) is 3.00. The van der Waals surface area contributed by atoms with Crippen LogP contribution in [0.4, 0.5) is 5.69 Å². The molecule has 0 unspecified atom stereocenters. The van der Waals surface area contributed by atoms with Crippen molar-refractivity contribution in [1.82, 2.24) is 4.98 Å². The van der Waals surface area contributed by atoms with Gasteiger partial charge in [0.25, 0.3) is 0 Å². The lowest BCUT2D eigenvalue weighted by atomic mass is 10.1. The number of rotatable bonds is 2. The van der Waals surface area contributed by atoms with Crippen molar-refractivity contribution in [2.75, 3.05) is 26.1 Å². The fourth-order valence-corrected chi connectivity index (χ4v) is 2.33. The third kappa shape index (κ3) is 1.43. The van der Waals surface area contributed by atoms with Gasteiger partial charge in [-0.1, -0.05) is 0 Å². The third-order valence-electron chi connectivity index (χ3n) is 3.00. The van der Waals surface area contributed by atoms with Crippen molar-refractivity contribution in [2.45, 2.75) is 13.8 Å². The zero-order valence-corrected chi connectivity index (χ0v) is 10.5. The van der Waals surface area contributed by atoms with Crippen LogP contribution < -0.4 is 9.64 Å². The lowest BCUT2D eigenvalue weighted by Gasteiger charge is -2.14. The van der Waals surface area contributed by atoms with E-state index in [1.54, 1.807) is 7.11 Å². The van der Waals surface area contributed by atoms with Gasteiger partial charge in [-0.05, 0) is 26.0 Å². The molecule has 0 aliphatic heterocycles. The second-order valence-electron chi connectivity index (χ2n) is 4.31. The zero-order chi connectivity index (χ0) is 11.9. The molecule has 0 amide bonds. The summed E-state index contributed by atoms with van der Waals surface area (Å²) >= 11 is 0. The molecule has 3 nitrogen and oxygen atoms in total. The molecule has 3 heteroatoms. The SMILES string of the molecule is COc1ccc2[nH]c(C)c(N(C)C)c2c1C. The van der Waals surface area contributed by atoms with Gasteiger partial charge in [0, 0.05) is 36.3 Å². The van der Waals surface area contributed by atoms with Crippen molar-refractivity contribution >= 4 is 16.6 Å². The first-order chi connectivity index (χ1) is 7.56. The Hall–Kier alpha value is -1.64. The molecule has 2 rings (SSSR count). The Labute approximate surface area is 96.0 Å². The number of methoxy groups -OCH3 is 1. The summed E-state index contributed by atoms with van der Waals surface area (Å²) in [7, 11) is 5.84. The molecule has 16 heavy (non-hydrogen) atoms. The van der Waals surface area contributed by atoms with Crippen LogP contribution in [0.2, 0.25) is 0 Å². The molecule has 0 saturated carbocycles. The first-order valence-electron chi connectivity index (χ1n) is 5.39. The Morgan fingerprint density at radius 3 is 2.44 bits per heavy atom. The molecule has 0 atom stereocenters. The minimum Gasteiger partial charge on any atom is -0.496 e. The van der Waals surface area contributed by atoms with E-state index >= 15 is 0 Å². The first kappa shape index (κ1) is 10.9. The lowest BCUT2D eigenvalue weighted by molar-refractivity contribution is 0.412. The summed E-state index contributed by atoms with van der Waals surface area (Å²) in [5.41, 5.74) is 4.79. The maximum atomic E-state index is 5.36. The van der Waals surface area contributed by atoms with Crippen LogP contribution in [0.3, 0.4) is 0 Å². The fraction of sp³-hybridized carbons (Fsp3) is 0.385. The number of hydrogen-bond acceptors (Lipinski definition) is 2. The van der Waals surface area contributed by atoms with Crippen molar-refractivity contribution in [1.29, 1.82) is 0 Å². The molecule has 0 aliphatic carbocycles. The average Bonchev–Trinajstić information content (AvgIpc) is 2.56. The predicted molar refractivity (Wildman–Crippen MR) is 68.7 cm³/mol. The highest BCUT2D eigenvalue weighted by molar-refractivity contribution is 5.98. The molecule has 0 saturated heterocycles. The Bertz CT molecular complexity index is 526. The van der Waals surface area contributed by atoms with Crippen LogP contribution in [0, 0.1) is 13.8 Å². The summed E-state index contributed by atoms with van der Waals surface area (Å²) in [6, 6.07) is 4.08. The first-order valence-corrected chi connectivity index (χ1v) is 5.39. The molecule has 1 aromatic carbocycles. The van der Waals surface area contributed by atoms with E-state index in [9.17, 15) is 0 Å². The number of fused-ring (bicyclic) bond motifs is 1. The standard InChI is InChI=1S/C13H18N2O/c1-8-11(16-5)7-6-10-12(8)13(15(3)4)9(2)14-10/h6-7,14H,1-5H3. The van der Waals surface area contributed by atoms with Crippen molar-refractivity contribution in [3.05, 3.63) is 23.4 Å². The van der Waals surface area contributed by atoms with Gasteiger partial charge >= 0.3 is 0 Å². The van der Waals surface area contributed by atoms with E-state index in [2.05, 4.69) is 43.9 Å². The topological polar surface area (TPSA) is 28.3 Å². The Morgan fingerprint density at radius 2 is 1.88 bits per heavy atom. The molecule has 86 valence electrons. The van der Waals surface area contributed by atoms with Gasteiger partial charge < -0.3 is 14.6 Å². The number of benzene rings is 1. The maximum Gasteiger partial charge on any atom is 0.122 e. The summed E-state index contributed by atoms with van der Waals surface area (Å²) in [5, 5.41) is 1.25. The van der Waals surface area contributed by atoms with Crippen molar-refractivity contribution in [3.8, 4) is 5.75 Å². The molecule has 1 aromatic heterocycles. The molecule has 0 radical (unpaired) electrons. The number of nitrogens with one attached hydrogen (secondary N) is 1. The molecule has 2 aromatic rings. The van der Waals surface area contributed by atoms with Gasteiger partial charge in [-0.25, -0.2) is 0 Å². The van der Waals surface area contributed by atoms with E-state index in [1.807, 2.05) is 6.07 Å². The van der Waals surface area contributed by atoms with Crippen LogP contribution in [0.1, 0.15) is 11.3 Å².